The lowest BCUT2D eigenvalue weighted by molar-refractivity contribution is 0.286. The zero-order valence-corrected chi connectivity index (χ0v) is 14.0. The van der Waals surface area contributed by atoms with Crippen molar-refractivity contribution >= 4 is 11.6 Å². The Balaban J connectivity index is 2.80. The van der Waals surface area contributed by atoms with Crippen molar-refractivity contribution in [2.45, 2.75) is 33.2 Å². The second kappa shape index (κ2) is 9.69. The van der Waals surface area contributed by atoms with Gasteiger partial charge in [-0.25, -0.2) is 0 Å². The lowest BCUT2D eigenvalue weighted by atomic mass is 10.1. The molecule has 0 fully saturated rings. The van der Waals surface area contributed by atoms with Gasteiger partial charge >= 0.3 is 0 Å². The van der Waals surface area contributed by atoms with E-state index in [0.29, 0.717) is 29.8 Å². The third-order valence-corrected chi connectivity index (χ3v) is 3.20. The van der Waals surface area contributed by atoms with Crippen molar-refractivity contribution in [3.8, 4) is 11.5 Å². The maximum atomic E-state index is 6.15. The van der Waals surface area contributed by atoms with Crippen LogP contribution in [0.5, 0.6) is 11.5 Å². The van der Waals surface area contributed by atoms with Crippen molar-refractivity contribution in [3.63, 3.8) is 0 Å². The number of rotatable bonds is 10. The van der Waals surface area contributed by atoms with E-state index in [2.05, 4.69) is 25.7 Å². The summed E-state index contributed by atoms with van der Waals surface area (Å²) in [5.41, 5.74) is 1.03. The molecule has 4 heteroatoms. The average Bonchev–Trinajstić information content (AvgIpc) is 2.44. The van der Waals surface area contributed by atoms with Crippen LogP contribution in [0.25, 0.3) is 0 Å². The van der Waals surface area contributed by atoms with Crippen molar-refractivity contribution in [1.29, 1.82) is 0 Å². The van der Waals surface area contributed by atoms with Gasteiger partial charge in [0.15, 0.2) is 11.5 Å². The SMILES string of the molecule is C=CCCCOc1c(CNCC(C)C)cc(Cl)cc1OC. The minimum atomic E-state index is 0.600. The number of methoxy groups -OCH3 is 1. The minimum absolute atomic E-state index is 0.600. The molecule has 0 aliphatic carbocycles. The quantitative estimate of drug-likeness (QED) is 0.512. The third-order valence-electron chi connectivity index (χ3n) is 2.98. The maximum Gasteiger partial charge on any atom is 0.165 e. The third kappa shape index (κ3) is 6.40. The molecule has 1 rings (SSSR count). The normalized spacial score (nSPS) is 10.7. The smallest absolute Gasteiger partial charge is 0.165 e. The van der Waals surface area contributed by atoms with E-state index in [4.69, 9.17) is 21.1 Å². The highest BCUT2D eigenvalue weighted by atomic mass is 35.5. The number of hydrogen-bond donors (Lipinski definition) is 1. The van der Waals surface area contributed by atoms with E-state index in [9.17, 15) is 0 Å². The lowest BCUT2D eigenvalue weighted by Crippen LogP contribution is -2.19. The summed E-state index contributed by atoms with van der Waals surface area (Å²) in [5.74, 6) is 2.06. The number of halogens is 1. The van der Waals surface area contributed by atoms with Crippen molar-refractivity contribution in [3.05, 3.63) is 35.4 Å². The van der Waals surface area contributed by atoms with E-state index >= 15 is 0 Å². The van der Waals surface area contributed by atoms with Gasteiger partial charge in [-0.3, -0.25) is 0 Å². The summed E-state index contributed by atoms with van der Waals surface area (Å²) in [6.07, 6.45) is 3.78. The average molecular weight is 312 g/mol. The van der Waals surface area contributed by atoms with Gasteiger partial charge in [0, 0.05) is 23.2 Å². The van der Waals surface area contributed by atoms with Crippen LogP contribution in [0.15, 0.2) is 24.8 Å². The van der Waals surface area contributed by atoms with Crippen LogP contribution in [0, 0.1) is 5.92 Å². The molecule has 0 saturated heterocycles. The number of ether oxygens (including phenoxy) is 2. The highest BCUT2D eigenvalue weighted by Gasteiger charge is 2.13. The number of allylic oxidation sites excluding steroid dienone is 1. The second-order valence-corrected chi connectivity index (χ2v) is 5.84. The molecule has 1 N–H and O–H groups in total. The number of hydrogen-bond acceptors (Lipinski definition) is 3. The van der Waals surface area contributed by atoms with Crippen LogP contribution in [0.1, 0.15) is 32.3 Å². The molecule has 0 aliphatic heterocycles. The summed E-state index contributed by atoms with van der Waals surface area (Å²) >= 11 is 6.15. The molecular formula is C17H26ClNO2. The Morgan fingerprint density at radius 2 is 2.14 bits per heavy atom. The molecule has 0 aliphatic rings. The zero-order valence-electron chi connectivity index (χ0n) is 13.2. The molecular weight excluding hydrogens is 286 g/mol. The Labute approximate surface area is 133 Å². The molecule has 1 aromatic rings. The fourth-order valence-electron chi connectivity index (χ4n) is 1.97. The molecule has 0 atom stereocenters. The Bertz CT molecular complexity index is 447. The van der Waals surface area contributed by atoms with Crippen molar-refractivity contribution in [2.75, 3.05) is 20.3 Å². The number of benzene rings is 1. The van der Waals surface area contributed by atoms with Crippen LogP contribution in [-0.2, 0) is 6.54 Å². The Morgan fingerprint density at radius 3 is 2.76 bits per heavy atom. The fraction of sp³-hybridized carbons (Fsp3) is 0.529. The molecule has 3 nitrogen and oxygen atoms in total. The van der Waals surface area contributed by atoms with Crippen LogP contribution in [0.3, 0.4) is 0 Å². The maximum absolute atomic E-state index is 6.15. The Morgan fingerprint density at radius 1 is 1.38 bits per heavy atom. The van der Waals surface area contributed by atoms with Crippen LogP contribution < -0.4 is 14.8 Å². The van der Waals surface area contributed by atoms with Crippen LogP contribution in [0.2, 0.25) is 5.02 Å². The van der Waals surface area contributed by atoms with E-state index in [-0.39, 0.29) is 0 Å². The second-order valence-electron chi connectivity index (χ2n) is 5.40. The molecule has 21 heavy (non-hydrogen) atoms. The monoisotopic (exact) mass is 311 g/mol. The Kier molecular flexibility index (Phi) is 8.24. The molecule has 0 bridgehead atoms. The summed E-state index contributed by atoms with van der Waals surface area (Å²) < 4.78 is 11.3. The zero-order chi connectivity index (χ0) is 15.7. The number of unbranched alkanes of at least 4 members (excludes halogenated alkanes) is 1. The summed E-state index contributed by atoms with van der Waals surface area (Å²) in [6.45, 7) is 10.4. The molecule has 1 aromatic carbocycles. The van der Waals surface area contributed by atoms with E-state index in [1.165, 1.54) is 0 Å². The van der Waals surface area contributed by atoms with Crippen molar-refractivity contribution in [2.24, 2.45) is 5.92 Å². The number of nitrogens with one attached hydrogen (secondary N) is 1. The van der Waals surface area contributed by atoms with Crippen LogP contribution >= 0.6 is 11.6 Å². The van der Waals surface area contributed by atoms with Crippen LogP contribution in [-0.4, -0.2) is 20.3 Å². The van der Waals surface area contributed by atoms with E-state index in [1.807, 2.05) is 12.1 Å². The van der Waals surface area contributed by atoms with Gasteiger partial charge in [-0.05, 0) is 31.4 Å². The lowest BCUT2D eigenvalue weighted by Gasteiger charge is -2.16. The Hall–Kier alpha value is -1.19. The summed E-state index contributed by atoms with van der Waals surface area (Å²) in [6, 6.07) is 3.72. The highest BCUT2D eigenvalue weighted by Crippen LogP contribution is 2.35. The van der Waals surface area contributed by atoms with E-state index < -0.39 is 0 Å². The topological polar surface area (TPSA) is 30.5 Å². The predicted octanol–water partition coefficient (Wildman–Crippen LogP) is 4.44. The first-order valence-corrected chi connectivity index (χ1v) is 7.77. The minimum Gasteiger partial charge on any atom is -0.493 e. The van der Waals surface area contributed by atoms with Crippen molar-refractivity contribution in [1.82, 2.24) is 5.32 Å². The molecule has 0 heterocycles. The van der Waals surface area contributed by atoms with Gasteiger partial charge in [0.1, 0.15) is 0 Å². The van der Waals surface area contributed by atoms with E-state index in [1.54, 1.807) is 13.2 Å². The van der Waals surface area contributed by atoms with Crippen molar-refractivity contribution < 1.29 is 9.47 Å². The summed E-state index contributed by atoms with van der Waals surface area (Å²) in [7, 11) is 1.63. The highest BCUT2D eigenvalue weighted by molar-refractivity contribution is 6.30. The van der Waals surface area contributed by atoms with Gasteiger partial charge in [0.25, 0.3) is 0 Å². The first kappa shape index (κ1) is 17.9. The molecule has 0 aromatic heterocycles. The molecule has 0 spiro atoms. The first-order valence-electron chi connectivity index (χ1n) is 7.39. The van der Waals surface area contributed by atoms with E-state index in [0.717, 1.165) is 30.7 Å². The fourth-order valence-corrected chi connectivity index (χ4v) is 2.20. The molecule has 0 saturated carbocycles. The predicted molar refractivity (Wildman–Crippen MR) is 89.5 cm³/mol. The van der Waals surface area contributed by atoms with Gasteiger partial charge in [0.2, 0.25) is 0 Å². The summed E-state index contributed by atoms with van der Waals surface area (Å²) in [5, 5.41) is 4.07. The first-order chi connectivity index (χ1) is 10.1. The molecule has 0 amide bonds. The largest absolute Gasteiger partial charge is 0.493 e. The molecule has 0 unspecified atom stereocenters. The van der Waals surface area contributed by atoms with Gasteiger partial charge < -0.3 is 14.8 Å². The van der Waals surface area contributed by atoms with Gasteiger partial charge in [-0.15, -0.1) is 6.58 Å². The van der Waals surface area contributed by atoms with Gasteiger partial charge in [-0.2, -0.15) is 0 Å². The molecule has 0 radical (unpaired) electrons. The van der Waals surface area contributed by atoms with Crippen LogP contribution in [0.4, 0.5) is 0 Å². The molecule has 118 valence electrons. The van der Waals surface area contributed by atoms with Gasteiger partial charge in [-0.1, -0.05) is 31.5 Å². The standard InChI is InChI=1S/C17H26ClNO2/c1-5-6-7-8-21-17-14(12-19-11-13(2)3)9-15(18)10-16(17)20-4/h5,9-10,13,19H,1,6-8,11-12H2,2-4H3. The van der Waals surface area contributed by atoms with Gasteiger partial charge in [0.05, 0.1) is 13.7 Å². The summed E-state index contributed by atoms with van der Waals surface area (Å²) in [4.78, 5) is 0.